The molecule has 1 aliphatic rings. The molecule has 0 radical (unpaired) electrons. The Morgan fingerprint density at radius 3 is 2.40 bits per heavy atom. The van der Waals surface area contributed by atoms with Crippen LogP contribution in [0.15, 0.2) is 30.3 Å². The number of aliphatic hydroxyl groups excluding tert-OH is 1. The number of benzene rings is 2. The van der Waals surface area contributed by atoms with Crippen molar-refractivity contribution in [3.8, 4) is 5.75 Å². The lowest BCUT2D eigenvalue weighted by atomic mass is 9.98. The van der Waals surface area contributed by atoms with Gasteiger partial charge in [0, 0.05) is 6.42 Å². The Bertz CT molecular complexity index is 647. The maximum absolute atomic E-state index is 13.2. The smallest absolute Gasteiger partial charge is 0.194 e. The van der Waals surface area contributed by atoms with Crippen molar-refractivity contribution in [1.29, 1.82) is 0 Å². The van der Waals surface area contributed by atoms with Crippen LogP contribution in [0.25, 0.3) is 0 Å². The van der Waals surface area contributed by atoms with Crippen LogP contribution in [-0.4, -0.2) is 11.7 Å². The van der Waals surface area contributed by atoms with Crippen molar-refractivity contribution >= 4 is 0 Å². The van der Waals surface area contributed by atoms with Gasteiger partial charge < -0.3 is 9.84 Å². The fraction of sp³-hybridized carbons (Fsp3) is 0.200. The van der Waals surface area contributed by atoms with Gasteiger partial charge in [-0.3, -0.25) is 0 Å². The number of ether oxygens (including phenoxy) is 1. The highest BCUT2D eigenvalue weighted by molar-refractivity contribution is 5.42. The molecule has 1 N–H and O–H groups in total. The molecule has 0 amide bonds. The zero-order valence-corrected chi connectivity index (χ0v) is 10.4. The van der Waals surface area contributed by atoms with E-state index in [2.05, 4.69) is 0 Å². The predicted molar refractivity (Wildman–Crippen MR) is 66.0 cm³/mol. The second-order valence-electron chi connectivity index (χ2n) is 4.67. The topological polar surface area (TPSA) is 29.5 Å². The van der Waals surface area contributed by atoms with Crippen molar-refractivity contribution in [1.82, 2.24) is 0 Å². The van der Waals surface area contributed by atoms with Gasteiger partial charge >= 0.3 is 0 Å². The van der Waals surface area contributed by atoms with Crippen molar-refractivity contribution in [2.45, 2.75) is 12.5 Å². The first-order valence-electron chi connectivity index (χ1n) is 6.14. The van der Waals surface area contributed by atoms with Gasteiger partial charge in [0.1, 0.15) is 11.9 Å². The lowest BCUT2D eigenvalue weighted by Gasteiger charge is -2.13. The van der Waals surface area contributed by atoms with E-state index in [9.17, 15) is 18.3 Å². The minimum Gasteiger partial charge on any atom is -0.493 e. The Balaban J connectivity index is 1.98. The molecule has 0 bridgehead atoms. The van der Waals surface area contributed by atoms with Crippen molar-refractivity contribution in [2.24, 2.45) is 0 Å². The van der Waals surface area contributed by atoms with Crippen LogP contribution in [0.3, 0.4) is 0 Å². The summed E-state index contributed by atoms with van der Waals surface area (Å²) in [5.74, 6) is -3.42. The molecule has 1 aliphatic heterocycles. The maximum Gasteiger partial charge on any atom is 0.194 e. The Hall–Kier alpha value is -2.01. The van der Waals surface area contributed by atoms with E-state index in [1.807, 2.05) is 0 Å². The minimum atomic E-state index is -1.54. The molecule has 0 saturated heterocycles. The van der Waals surface area contributed by atoms with Crippen LogP contribution >= 0.6 is 0 Å². The SMILES string of the molecule is OC(c1cc(F)c(F)c(F)c1)c1ccc2c(c1)CCO2. The van der Waals surface area contributed by atoms with Crippen LogP contribution in [0.1, 0.15) is 22.8 Å². The van der Waals surface area contributed by atoms with Gasteiger partial charge in [0.15, 0.2) is 17.5 Å². The van der Waals surface area contributed by atoms with Gasteiger partial charge in [0.2, 0.25) is 0 Å². The quantitative estimate of drug-likeness (QED) is 0.856. The van der Waals surface area contributed by atoms with Crippen LogP contribution in [0.4, 0.5) is 13.2 Å². The summed E-state index contributed by atoms with van der Waals surface area (Å²) in [6, 6.07) is 6.65. The molecule has 104 valence electrons. The number of hydrogen-bond acceptors (Lipinski definition) is 2. The molecule has 0 aromatic heterocycles. The van der Waals surface area contributed by atoms with E-state index in [4.69, 9.17) is 4.74 Å². The minimum absolute atomic E-state index is 0.0275. The highest BCUT2D eigenvalue weighted by Gasteiger charge is 2.19. The van der Waals surface area contributed by atoms with E-state index >= 15 is 0 Å². The van der Waals surface area contributed by atoms with Crippen LogP contribution in [-0.2, 0) is 6.42 Å². The fourth-order valence-corrected chi connectivity index (χ4v) is 2.30. The van der Waals surface area contributed by atoms with Gasteiger partial charge in [-0.2, -0.15) is 0 Å². The van der Waals surface area contributed by atoms with E-state index in [1.165, 1.54) is 0 Å². The van der Waals surface area contributed by atoms with Crippen LogP contribution in [0.2, 0.25) is 0 Å². The van der Waals surface area contributed by atoms with Crippen molar-refractivity contribution in [3.63, 3.8) is 0 Å². The summed E-state index contributed by atoms with van der Waals surface area (Å²) in [7, 11) is 0. The number of rotatable bonds is 2. The molecule has 2 nitrogen and oxygen atoms in total. The highest BCUT2D eigenvalue weighted by Crippen LogP contribution is 2.31. The summed E-state index contributed by atoms with van der Waals surface area (Å²) in [6.07, 6.45) is -0.493. The predicted octanol–water partition coefficient (Wildman–Crippen LogP) is 3.12. The summed E-state index contributed by atoms with van der Waals surface area (Å²) in [5.41, 5.74) is 1.39. The largest absolute Gasteiger partial charge is 0.493 e. The third-order valence-electron chi connectivity index (χ3n) is 3.35. The van der Waals surface area contributed by atoms with Gasteiger partial charge in [-0.15, -0.1) is 0 Å². The molecule has 2 aromatic carbocycles. The van der Waals surface area contributed by atoms with Gasteiger partial charge in [-0.05, 0) is 41.0 Å². The van der Waals surface area contributed by atoms with Crippen LogP contribution < -0.4 is 4.74 Å². The monoisotopic (exact) mass is 280 g/mol. The van der Waals surface area contributed by atoms with Gasteiger partial charge in [0.25, 0.3) is 0 Å². The first-order valence-corrected chi connectivity index (χ1v) is 6.14. The second kappa shape index (κ2) is 4.83. The van der Waals surface area contributed by atoms with Crippen LogP contribution in [0, 0.1) is 17.5 Å². The Kier molecular flexibility index (Phi) is 3.14. The third-order valence-corrected chi connectivity index (χ3v) is 3.35. The molecule has 5 heteroatoms. The number of fused-ring (bicyclic) bond motifs is 1. The molecule has 1 unspecified atom stereocenters. The van der Waals surface area contributed by atoms with Gasteiger partial charge in [0.05, 0.1) is 6.61 Å². The molecular formula is C15H11F3O2. The Morgan fingerprint density at radius 1 is 1.00 bits per heavy atom. The molecule has 0 saturated carbocycles. The molecule has 1 heterocycles. The van der Waals surface area contributed by atoms with Crippen molar-refractivity contribution < 1.29 is 23.0 Å². The molecule has 1 atom stereocenters. The summed E-state index contributed by atoms with van der Waals surface area (Å²) >= 11 is 0. The normalized spacial score (nSPS) is 14.8. The van der Waals surface area contributed by atoms with Crippen molar-refractivity contribution in [2.75, 3.05) is 6.61 Å². The molecule has 3 rings (SSSR count). The summed E-state index contributed by atoms with van der Waals surface area (Å²) < 4.78 is 44.6. The number of aliphatic hydroxyl groups is 1. The Labute approximate surface area is 113 Å². The first kappa shape index (κ1) is 13.0. The lowest BCUT2D eigenvalue weighted by Crippen LogP contribution is -2.03. The second-order valence-corrected chi connectivity index (χ2v) is 4.67. The molecule has 0 spiro atoms. The van der Waals surface area contributed by atoms with E-state index < -0.39 is 23.6 Å². The van der Waals surface area contributed by atoms with E-state index in [0.717, 1.165) is 29.9 Å². The third kappa shape index (κ3) is 2.14. The fourth-order valence-electron chi connectivity index (χ4n) is 2.30. The maximum atomic E-state index is 13.2. The average Bonchev–Trinajstić information content (AvgIpc) is 2.90. The lowest BCUT2D eigenvalue weighted by molar-refractivity contribution is 0.218. The van der Waals surface area contributed by atoms with Crippen molar-refractivity contribution in [3.05, 3.63) is 64.5 Å². The number of hydrogen-bond donors (Lipinski definition) is 1. The standard InChI is InChI=1S/C15H11F3O2/c16-11-6-10(7-12(17)14(11)18)15(19)9-1-2-13-8(5-9)3-4-20-13/h1-2,5-7,15,19H,3-4H2. The molecule has 0 fully saturated rings. The molecular weight excluding hydrogens is 269 g/mol. The molecule has 0 aliphatic carbocycles. The first-order chi connectivity index (χ1) is 9.56. The summed E-state index contributed by atoms with van der Waals surface area (Å²) in [5, 5.41) is 10.2. The van der Waals surface area contributed by atoms with E-state index in [1.54, 1.807) is 18.2 Å². The molecule has 2 aromatic rings. The average molecular weight is 280 g/mol. The zero-order chi connectivity index (χ0) is 14.3. The number of halogens is 3. The highest BCUT2D eigenvalue weighted by atomic mass is 19.2. The summed E-state index contributed by atoms with van der Waals surface area (Å²) in [6.45, 7) is 0.578. The molecule has 20 heavy (non-hydrogen) atoms. The van der Waals surface area contributed by atoms with Gasteiger partial charge in [-0.25, -0.2) is 13.2 Å². The Morgan fingerprint density at radius 2 is 1.70 bits per heavy atom. The van der Waals surface area contributed by atoms with Gasteiger partial charge in [-0.1, -0.05) is 6.07 Å². The zero-order valence-electron chi connectivity index (χ0n) is 10.4. The van der Waals surface area contributed by atoms with E-state index in [-0.39, 0.29) is 5.56 Å². The van der Waals surface area contributed by atoms with Crippen LogP contribution in [0.5, 0.6) is 5.75 Å². The summed E-state index contributed by atoms with van der Waals surface area (Å²) in [4.78, 5) is 0. The van der Waals surface area contributed by atoms with E-state index in [0.29, 0.717) is 12.2 Å².